The molecule has 2 aromatic carbocycles. The van der Waals surface area contributed by atoms with Gasteiger partial charge in [0.25, 0.3) is 5.91 Å². The van der Waals surface area contributed by atoms with E-state index in [9.17, 15) is 9.59 Å². The number of rotatable bonds is 10. The van der Waals surface area contributed by atoms with E-state index in [-0.39, 0.29) is 18.9 Å². The summed E-state index contributed by atoms with van der Waals surface area (Å²) in [6.45, 7) is 6.50. The van der Waals surface area contributed by atoms with Crippen molar-refractivity contribution in [2.75, 3.05) is 18.5 Å². The third-order valence-corrected chi connectivity index (χ3v) is 4.61. The first-order valence-electron chi connectivity index (χ1n) is 9.79. The highest BCUT2D eigenvalue weighted by molar-refractivity contribution is 5.92. The fourth-order valence-corrected chi connectivity index (χ4v) is 2.79. The molecule has 0 fully saturated rings. The van der Waals surface area contributed by atoms with Crippen molar-refractivity contribution in [2.24, 2.45) is 0 Å². The number of esters is 1. The van der Waals surface area contributed by atoms with Gasteiger partial charge in [0.05, 0.1) is 6.61 Å². The topological polar surface area (TPSA) is 64.6 Å². The quantitative estimate of drug-likeness (QED) is 0.603. The molecule has 0 heterocycles. The van der Waals surface area contributed by atoms with Crippen molar-refractivity contribution in [3.8, 4) is 5.75 Å². The summed E-state index contributed by atoms with van der Waals surface area (Å²) in [5.41, 5.74) is 2.88. The van der Waals surface area contributed by atoms with E-state index in [4.69, 9.17) is 9.47 Å². The van der Waals surface area contributed by atoms with Gasteiger partial charge in [-0.25, -0.2) is 0 Å². The van der Waals surface area contributed by atoms with Crippen LogP contribution in [-0.2, 0) is 20.7 Å². The summed E-state index contributed by atoms with van der Waals surface area (Å²) in [4.78, 5) is 23.9. The Morgan fingerprint density at radius 3 is 2.43 bits per heavy atom. The van der Waals surface area contributed by atoms with Gasteiger partial charge in [-0.05, 0) is 55.0 Å². The lowest BCUT2D eigenvalue weighted by atomic mass is 9.99. The van der Waals surface area contributed by atoms with E-state index in [2.05, 4.69) is 19.2 Å². The van der Waals surface area contributed by atoms with Crippen LogP contribution in [-0.4, -0.2) is 25.1 Å². The molecular weight excluding hydrogens is 354 g/mol. The van der Waals surface area contributed by atoms with Crippen LogP contribution in [0.25, 0.3) is 0 Å². The van der Waals surface area contributed by atoms with Gasteiger partial charge in [-0.3, -0.25) is 9.59 Å². The number of carbonyl (C=O) groups is 2. The highest BCUT2D eigenvalue weighted by Crippen LogP contribution is 2.21. The minimum absolute atomic E-state index is 0.195. The molecule has 0 aliphatic rings. The third-order valence-electron chi connectivity index (χ3n) is 4.61. The molecule has 1 atom stereocenters. The summed E-state index contributed by atoms with van der Waals surface area (Å²) in [6.07, 6.45) is 1.77. The second-order valence-electron chi connectivity index (χ2n) is 6.68. The van der Waals surface area contributed by atoms with E-state index in [0.717, 1.165) is 17.7 Å². The van der Waals surface area contributed by atoms with Crippen LogP contribution in [0, 0.1) is 0 Å². The summed E-state index contributed by atoms with van der Waals surface area (Å²) >= 11 is 0. The molecular formula is C23H29NO4. The van der Waals surface area contributed by atoms with E-state index in [1.165, 1.54) is 5.56 Å². The van der Waals surface area contributed by atoms with Gasteiger partial charge in [0.1, 0.15) is 5.75 Å². The van der Waals surface area contributed by atoms with Crippen molar-refractivity contribution in [2.45, 2.75) is 46.0 Å². The van der Waals surface area contributed by atoms with Crippen LogP contribution < -0.4 is 10.1 Å². The lowest BCUT2D eigenvalue weighted by Gasteiger charge is -2.11. The number of ether oxygens (including phenoxy) is 2. The number of nitrogens with one attached hydrogen (secondary N) is 1. The van der Waals surface area contributed by atoms with E-state index in [0.29, 0.717) is 24.6 Å². The maximum absolute atomic E-state index is 12.0. The number of benzene rings is 2. The van der Waals surface area contributed by atoms with Gasteiger partial charge in [-0.1, -0.05) is 44.2 Å². The summed E-state index contributed by atoms with van der Waals surface area (Å²) in [5.74, 6) is 0.503. The van der Waals surface area contributed by atoms with Crippen LogP contribution in [0.3, 0.4) is 0 Å². The zero-order chi connectivity index (χ0) is 20.4. The Hall–Kier alpha value is -2.82. The SMILES string of the molecule is CCOc1ccccc1CCC(=O)OCC(=O)Nc1ccc([C@H](C)CC)cc1. The molecule has 0 radical (unpaired) electrons. The molecule has 150 valence electrons. The monoisotopic (exact) mass is 383 g/mol. The normalized spacial score (nSPS) is 11.5. The molecule has 5 nitrogen and oxygen atoms in total. The fourth-order valence-electron chi connectivity index (χ4n) is 2.79. The first kappa shape index (κ1) is 21.5. The predicted octanol–water partition coefficient (Wildman–Crippen LogP) is 4.71. The van der Waals surface area contributed by atoms with E-state index < -0.39 is 5.97 Å². The zero-order valence-electron chi connectivity index (χ0n) is 16.9. The highest BCUT2D eigenvalue weighted by atomic mass is 16.5. The van der Waals surface area contributed by atoms with Gasteiger partial charge >= 0.3 is 5.97 Å². The number of amides is 1. The lowest BCUT2D eigenvalue weighted by molar-refractivity contribution is -0.147. The zero-order valence-corrected chi connectivity index (χ0v) is 16.9. The summed E-state index contributed by atoms with van der Waals surface area (Å²) in [6, 6.07) is 15.4. The number of carbonyl (C=O) groups excluding carboxylic acids is 2. The maximum Gasteiger partial charge on any atom is 0.306 e. The van der Waals surface area contributed by atoms with Crippen LogP contribution in [0.1, 0.15) is 50.7 Å². The lowest BCUT2D eigenvalue weighted by Crippen LogP contribution is -2.21. The number of hydrogen-bond acceptors (Lipinski definition) is 4. The van der Waals surface area contributed by atoms with E-state index in [1.54, 1.807) is 0 Å². The molecule has 1 amide bonds. The molecule has 5 heteroatoms. The first-order chi connectivity index (χ1) is 13.5. The summed E-state index contributed by atoms with van der Waals surface area (Å²) in [5, 5.41) is 2.74. The first-order valence-corrected chi connectivity index (χ1v) is 9.79. The Morgan fingerprint density at radius 1 is 1.04 bits per heavy atom. The fraction of sp³-hybridized carbons (Fsp3) is 0.391. The van der Waals surface area contributed by atoms with Gasteiger partial charge < -0.3 is 14.8 Å². The van der Waals surface area contributed by atoms with Crippen LogP contribution in [0.15, 0.2) is 48.5 Å². The summed E-state index contributed by atoms with van der Waals surface area (Å²) in [7, 11) is 0. The average molecular weight is 383 g/mol. The maximum atomic E-state index is 12.0. The molecule has 0 saturated carbocycles. The molecule has 0 spiro atoms. The molecule has 0 aliphatic carbocycles. The smallest absolute Gasteiger partial charge is 0.306 e. The average Bonchev–Trinajstić information content (AvgIpc) is 2.72. The Kier molecular flexibility index (Phi) is 8.53. The number of para-hydroxylation sites is 1. The van der Waals surface area contributed by atoms with Gasteiger partial charge in [0, 0.05) is 12.1 Å². The standard InChI is InChI=1S/C23H29NO4/c1-4-17(3)18-10-13-20(14-11-18)24-22(25)16-28-23(26)15-12-19-8-6-7-9-21(19)27-5-2/h6-11,13-14,17H,4-5,12,15-16H2,1-3H3,(H,24,25)/t17-/m1/s1. The van der Waals surface area contributed by atoms with Gasteiger partial charge in [-0.2, -0.15) is 0 Å². The molecule has 0 bridgehead atoms. The minimum atomic E-state index is -0.409. The highest BCUT2D eigenvalue weighted by Gasteiger charge is 2.11. The Labute approximate surface area is 167 Å². The second kappa shape index (κ2) is 11.1. The van der Waals surface area contributed by atoms with Gasteiger partial charge in [-0.15, -0.1) is 0 Å². The molecule has 0 unspecified atom stereocenters. The Morgan fingerprint density at radius 2 is 1.75 bits per heavy atom. The molecule has 0 aliphatic heterocycles. The van der Waals surface area contributed by atoms with Crippen LogP contribution >= 0.6 is 0 Å². The Balaban J connectivity index is 1.76. The van der Waals surface area contributed by atoms with Crippen molar-refractivity contribution in [1.82, 2.24) is 0 Å². The molecule has 2 rings (SSSR count). The van der Waals surface area contributed by atoms with Crippen molar-refractivity contribution in [1.29, 1.82) is 0 Å². The second-order valence-corrected chi connectivity index (χ2v) is 6.68. The number of anilines is 1. The molecule has 1 N–H and O–H groups in total. The molecule has 0 aromatic heterocycles. The van der Waals surface area contributed by atoms with Crippen molar-refractivity contribution in [3.05, 3.63) is 59.7 Å². The molecule has 28 heavy (non-hydrogen) atoms. The minimum Gasteiger partial charge on any atom is -0.494 e. The predicted molar refractivity (Wildman–Crippen MR) is 111 cm³/mol. The molecule has 0 saturated heterocycles. The van der Waals surface area contributed by atoms with Crippen LogP contribution in [0.2, 0.25) is 0 Å². The van der Waals surface area contributed by atoms with E-state index in [1.807, 2.05) is 55.5 Å². The van der Waals surface area contributed by atoms with Gasteiger partial charge in [0.2, 0.25) is 0 Å². The largest absolute Gasteiger partial charge is 0.494 e. The molecule has 2 aromatic rings. The number of aryl methyl sites for hydroxylation is 1. The van der Waals surface area contributed by atoms with Crippen LogP contribution in [0.5, 0.6) is 5.75 Å². The number of hydrogen-bond donors (Lipinski definition) is 1. The summed E-state index contributed by atoms with van der Waals surface area (Å²) < 4.78 is 10.6. The van der Waals surface area contributed by atoms with Crippen molar-refractivity contribution < 1.29 is 19.1 Å². The third kappa shape index (κ3) is 6.72. The van der Waals surface area contributed by atoms with Crippen molar-refractivity contribution in [3.63, 3.8) is 0 Å². The Bertz CT molecular complexity index is 770. The van der Waals surface area contributed by atoms with E-state index >= 15 is 0 Å². The van der Waals surface area contributed by atoms with Crippen LogP contribution in [0.4, 0.5) is 5.69 Å². The van der Waals surface area contributed by atoms with Crippen molar-refractivity contribution >= 4 is 17.6 Å². The van der Waals surface area contributed by atoms with Gasteiger partial charge in [0.15, 0.2) is 6.61 Å².